The molecule has 0 amide bonds. The van der Waals surface area contributed by atoms with Crippen molar-refractivity contribution in [1.82, 2.24) is 14.9 Å². The number of piperidine rings is 1. The molecule has 2 N–H and O–H groups in total. The predicted molar refractivity (Wildman–Crippen MR) is 126 cm³/mol. The number of benzene rings is 1. The lowest BCUT2D eigenvalue weighted by Gasteiger charge is -2.37. The summed E-state index contributed by atoms with van der Waals surface area (Å²) in [5.74, 6) is 0.582. The van der Waals surface area contributed by atoms with E-state index >= 15 is 0 Å². The first-order valence-electron chi connectivity index (χ1n) is 10.9. The molecule has 1 heterocycles. The van der Waals surface area contributed by atoms with Crippen LogP contribution < -0.4 is 10.0 Å². The van der Waals surface area contributed by atoms with Crippen molar-refractivity contribution < 1.29 is 26.4 Å². The number of rotatable bonds is 11. The standard InChI is InChI=1S/C22H34F3N3O3S.ClH/c1-16(13-19-5-4-6-20(14-19)22(23,24)25)17(2)26-15-18-7-10-28(11-8-18)21(9-12-29)27-32(3,30)31;/h4-6,12,14,16-18,21,26-27H,7-11,13,15H2,1-3H3;1H. The Kier molecular flexibility index (Phi) is 11.8. The van der Waals surface area contributed by atoms with Gasteiger partial charge in [-0.15, -0.1) is 12.4 Å². The van der Waals surface area contributed by atoms with Crippen molar-refractivity contribution in [3.8, 4) is 0 Å². The Morgan fingerprint density at radius 2 is 1.85 bits per heavy atom. The number of carbonyl (C=O) groups is 1. The van der Waals surface area contributed by atoms with Gasteiger partial charge in [0.15, 0.2) is 0 Å². The summed E-state index contributed by atoms with van der Waals surface area (Å²) < 4.78 is 64.4. The van der Waals surface area contributed by atoms with Crippen molar-refractivity contribution in [3.05, 3.63) is 35.4 Å². The van der Waals surface area contributed by atoms with E-state index in [0.717, 1.165) is 38.0 Å². The molecule has 0 saturated carbocycles. The van der Waals surface area contributed by atoms with Gasteiger partial charge < -0.3 is 10.1 Å². The molecule has 1 aromatic rings. The Morgan fingerprint density at radius 3 is 2.39 bits per heavy atom. The zero-order valence-electron chi connectivity index (χ0n) is 19.3. The van der Waals surface area contributed by atoms with E-state index < -0.39 is 27.9 Å². The summed E-state index contributed by atoms with van der Waals surface area (Å²) in [7, 11) is -3.40. The van der Waals surface area contributed by atoms with Crippen LogP contribution in [0.4, 0.5) is 13.2 Å². The number of halogens is 4. The second kappa shape index (κ2) is 13.0. The number of alkyl halides is 3. The molecule has 3 atom stereocenters. The van der Waals surface area contributed by atoms with E-state index in [9.17, 15) is 26.4 Å². The van der Waals surface area contributed by atoms with E-state index in [1.54, 1.807) is 6.07 Å². The van der Waals surface area contributed by atoms with Gasteiger partial charge in [-0.25, -0.2) is 8.42 Å². The number of likely N-dealkylation sites (tertiary alicyclic amines) is 1. The minimum absolute atomic E-state index is 0. The third-order valence-electron chi connectivity index (χ3n) is 6.15. The summed E-state index contributed by atoms with van der Waals surface area (Å²) in [6.45, 7) is 6.26. The van der Waals surface area contributed by atoms with E-state index in [1.807, 2.05) is 18.7 Å². The van der Waals surface area contributed by atoms with E-state index in [1.165, 1.54) is 12.1 Å². The molecular formula is C22H35ClF3N3O3S. The maximum absolute atomic E-state index is 12.9. The molecule has 0 aromatic heterocycles. The number of carbonyl (C=O) groups excluding carboxylic acids is 1. The van der Waals surface area contributed by atoms with E-state index in [0.29, 0.717) is 31.0 Å². The van der Waals surface area contributed by atoms with Crippen LogP contribution in [0.15, 0.2) is 24.3 Å². The molecule has 190 valence electrons. The third-order valence-corrected chi connectivity index (χ3v) is 6.85. The fraction of sp³-hybridized carbons (Fsp3) is 0.682. The number of hydrogen-bond donors (Lipinski definition) is 2. The first kappa shape index (κ1) is 29.8. The molecule has 1 fully saturated rings. The summed E-state index contributed by atoms with van der Waals surface area (Å²) in [4.78, 5) is 12.9. The second-order valence-electron chi connectivity index (χ2n) is 8.86. The minimum atomic E-state index is -4.33. The quantitative estimate of drug-likeness (QED) is 0.443. The Hall–Kier alpha value is -1.20. The van der Waals surface area contributed by atoms with Crippen LogP contribution in [-0.2, 0) is 27.4 Å². The molecule has 1 aliphatic heterocycles. The van der Waals surface area contributed by atoms with E-state index in [2.05, 4.69) is 10.0 Å². The van der Waals surface area contributed by atoms with E-state index in [-0.39, 0.29) is 30.8 Å². The SMILES string of the molecule is CC(Cc1cccc(C(F)(F)F)c1)C(C)NCC1CCN(C(CC=O)NS(C)(=O)=O)CC1.Cl. The highest BCUT2D eigenvalue weighted by Crippen LogP contribution is 2.30. The molecule has 1 saturated heterocycles. The average Bonchev–Trinajstić information content (AvgIpc) is 2.70. The Labute approximate surface area is 201 Å². The van der Waals surface area contributed by atoms with Crippen LogP contribution in [0.5, 0.6) is 0 Å². The summed E-state index contributed by atoms with van der Waals surface area (Å²) >= 11 is 0. The molecule has 11 heteroatoms. The topological polar surface area (TPSA) is 78.5 Å². The molecule has 1 aromatic carbocycles. The molecular weight excluding hydrogens is 479 g/mol. The molecule has 6 nitrogen and oxygen atoms in total. The van der Waals surface area contributed by atoms with Crippen molar-refractivity contribution >= 4 is 28.7 Å². The van der Waals surface area contributed by atoms with Crippen LogP contribution in [0.3, 0.4) is 0 Å². The zero-order chi connectivity index (χ0) is 23.9. The average molecular weight is 514 g/mol. The van der Waals surface area contributed by atoms with Crippen molar-refractivity contribution in [3.63, 3.8) is 0 Å². The lowest BCUT2D eigenvalue weighted by molar-refractivity contribution is -0.137. The molecule has 0 bridgehead atoms. The van der Waals surface area contributed by atoms with Gasteiger partial charge in [-0.1, -0.05) is 25.1 Å². The third kappa shape index (κ3) is 10.3. The van der Waals surface area contributed by atoms with Crippen LogP contribution in [0.25, 0.3) is 0 Å². The van der Waals surface area contributed by atoms with Gasteiger partial charge in [0.25, 0.3) is 0 Å². The summed E-state index contributed by atoms with van der Waals surface area (Å²) in [5, 5.41) is 3.52. The maximum Gasteiger partial charge on any atom is 0.416 e. The van der Waals surface area contributed by atoms with Crippen molar-refractivity contribution in [2.75, 3.05) is 25.9 Å². The minimum Gasteiger partial charge on any atom is -0.314 e. The number of nitrogens with zero attached hydrogens (tertiary/aromatic N) is 1. The van der Waals surface area contributed by atoms with Crippen LogP contribution in [-0.4, -0.2) is 57.7 Å². The molecule has 0 radical (unpaired) electrons. The van der Waals surface area contributed by atoms with E-state index in [4.69, 9.17) is 0 Å². The molecule has 33 heavy (non-hydrogen) atoms. The fourth-order valence-corrected chi connectivity index (χ4v) is 4.80. The van der Waals surface area contributed by atoms with Gasteiger partial charge in [0.1, 0.15) is 6.29 Å². The Bertz CT molecular complexity index is 847. The Balaban J connectivity index is 0.00000544. The second-order valence-corrected chi connectivity index (χ2v) is 10.6. The predicted octanol–water partition coefficient (Wildman–Crippen LogP) is 3.46. The number of nitrogens with one attached hydrogen (secondary N) is 2. The first-order valence-corrected chi connectivity index (χ1v) is 12.8. The highest BCUT2D eigenvalue weighted by atomic mass is 35.5. The maximum atomic E-state index is 12.9. The van der Waals surface area contributed by atoms with Crippen molar-refractivity contribution in [2.45, 2.75) is 57.9 Å². The molecule has 1 aliphatic rings. The van der Waals surface area contributed by atoms with Crippen LogP contribution in [0.2, 0.25) is 0 Å². The molecule has 3 unspecified atom stereocenters. The fourth-order valence-electron chi connectivity index (χ4n) is 4.06. The smallest absolute Gasteiger partial charge is 0.314 e. The van der Waals surface area contributed by atoms with Crippen LogP contribution >= 0.6 is 12.4 Å². The lowest BCUT2D eigenvalue weighted by atomic mass is 9.92. The number of aldehydes is 1. The van der Waals surface area contributed by atoms with Gasteiger partial charge in [-0.05, 0) is 69.3 Å². The van der Waals surface area contributed by atoms with Crippen LogP contribution in [0.1, 0.15) is 44.2 Å². The highest BCUT2D eigenvalue weighted by molar-refractivity contribution is 7.88. The van der Waals surface area contributed by atoms with Crippen molar-refractivity contribution in [1.29, 1.82) is 0 Å². The first-order chi connectivity index (χ1) is 14.9. The number of hydrogen-bond acceptors (Lipinski definition) is 5. The summed E-state index contributed by atoms with van der Waals surface area (Å²) in [6.07, 6.45) is -0.609. The largest absolute Gasteiger partial charge is 0.416 e. The van der Waals surface area contributed by atoms with Gasteiger partial charge in [0.2, 0.25) is 10.0 Å². The zero-order valence-corrected chi connectivity index (χ0v) is 20.9. The summed E-state index contributed by atoms with van der Waals surface area (Å²) in [5.41, 5.74) is 0.0571. The van der Waals surface area contributed by atoms with Gasteiger partial charge in [-0.3, -0.25) is 4.90 Å². The summed E-state index contributed by atoms with van der Waals surface area (Å²) in [6, 6.07) is 5.63. The lowest BCUT2D eigenvalue weighted by Crippen LogP contribution is -2.51. The van der Waals surface area contributed by atoms with Crippen LogP contribution in [0, 0.1) is 11.8 Å². The molecule has 2 rings (SSSR count). The molecule has 0 aliphatic carbocycles. The van der Waals surface area contributed by atoms with Gasteiger partial charge in [0.05, 0.1) is 18.0 Å². The monoisotopic (exact) mass is 513 g/mol. The van der Waals surface area contributed by atoms with Gasteiger partial charge in [-0.2, -0.15) is 17.9 Å². The van der Waals surface area contributed by atoms with Gasteiger partial charge in [0, 0.05) is 12.5 Å². The highest BCUT2D eigenvalue weighted by Gasteiger charge is 2.31. The normalized spacial score (nSPS) is 18.8. The Morgan fingerprint density at radius 1 is 1.21 bits per heavy atom. The van der Waals surface area contributed by atoms with Gasteiger partial charge >= 0.3 is 6.18 Å². The van der Waals surface area contributed by atoms with Crippen molar-refractivity contribution in [2.24, 2.45) is 11.8 Å². The number of sulfonamides is 1. The molecule has 0 spiro atoms.